The lowest BCUT2D eigenvalue weighted by molar-refractivity contribution is 0.405. The lowest BCUT2D eigenvalue weighted by Gasteiger charge is -2.16. The van der Waals surface area contributed by atoms with Crippen molar-refractivity contribution in [1.29, 1.82) is 0 Å². The molecule has 0 spiro atoms. The van der Waals surface area contributed by atoms with Gasteiger partial charge in [0.25, 0.3) is 0 Å². The molecule has 1 rings (SSSR count). The number of rotatable bonds is 4. The van der Waals surface area contributed by atoms with Gasteiger partial charge in [0.15, 0.2) is 0 Å². The van der Waals surface area contributed by atoms with E-state index in [1.165, 1.54) is 0 Å². The van der Waals surface area contributed by atoms with E-state index in [2.05, 4.69) is 6.92 Å². The van der Waals surface area contributed by atoms with Crippen molar-refractivity contribution in [1.82, 2.24) is 0 Å². The summed E-state index contributed by atoms with van der Waals surface area (Å²) in [6.45, 7) is 2.77. The molecule has 0 fully saturated rings. The van der Waals surface area contributed by atoms with Crippen LogP contribution < -0.4 is 10.5 Å². The van der Waals surface area contributed by atoms with Crippen LogP contribution in [0.3, 0.4) is 0 Å². The third-order valence-corrected chi connectivity index (χ3v) is 2.65. The molecule has 14 heavy (non-hydrogen) atoms. The highest BCUT2D eigenvalue weighted by molar-refractivity contribution is 6.31. The quantitative estimate of drug-likeness (QED) is 0.835. The lowest BCUT2D eigenvalue weighted by Crippen LogP contribution is -2.06. The van der Waals surface area contributed by atoms with E-state index < -0.39 is 0 Å². The molecule has 1 aromatic carbocycles. The molecule has 0 radical (unpaired) electrons. The first-order valence-corrected chi connectivity index (χ1v) is 5.11. The van der Waals surface area contributed by atoms with Crippen molar-refractivity contribution in [2.75, 3.05) is 13.7 Å². The molecule has 0 heterocycles. The van der Waals surface area contributed by atoms with Crippen molar-refractivity contribution in [3.05, 3.63) is 28.8 Å². The third-order valence-electron chi connectivity index (χ3n) is 2.33. The van der Waals surface area contributed by atoms with E-state index in [-0.39, 0.29) is 0 Å². The van der Waals surface area contributed by atoms with Gasteiger partial charge in [0, 0.05) is 10.6 Å². The van der Waals surface area contributed by atoms with Gasteiger partial charge in [-0.05, 0) is 31.0 Å². The Balaban J connectivity index is 3.03. The maximum atomic E-state index is 6.12. The van der Waals surface area contributed by atoms with Crippen LogP contribution in [0, 0.1) is 0 Å². The number of benzene rings is 1. The Morgan fingerprint density at radius 2 is 2.21 bits per heavy atom. The van der Waals surface area contributed by atoms with E-state index in [9.17, 15) is 0 Å². The van der Waals surface area contributed by atoms with Crippen molar-refractivity contribution in [2.45, 2.75) is 19.3 Å². The third kappa shape index (κ3) is 2.40. The molecule has 0 aliphatic rings. The van der Waals surface area contributed by atoms with Gasteiger partial charge in [-0.15, -0.1) is 0 Å². The minimum absolute atomic E-state index is 0.337. The number of nitrogens with two attached hydrogens (primary N) is 1. The van der Waals surface area contributed by atoms with Gasteiger partial charge in [-0.1, -0.05) is 24.6 Å². The Bertz CT molecular complexity index is 301. The first kappa shape index (κ1) is 11.3. The molecule has 0 bridgehead atoms. The highest BCUT2D eigenvalue weighted by Crippen LogP contribution is 2.34. The van der Waals surface area contributed by atoms with Crippen LogP contribution in [0.5, 0.6) is 5.75 Å². The van der Waals surface area contributed by atoms with Gasteiger partial charge < -0.3 is 10.5 Å². The standard InChI is InChI=1S/C11H16ClNO/c1-8(6-7-13)11-9(12)4-3-5-10(11)14-2/h3-5,8H,6-7,13H2,1-2H3. The summed E-state index contributed by atoms with van der Waals surface area (Å²) in [4.78, 5) is 0. The molecule has 0 aromatic heterocycles. The minimum atomic E-state index is 0.337. The van der Waals surface area contributed by atoms with Crippen LogP contribution in [-0.2, 0) is 0 Å². The highest BCUT2D eigenvalue weighted by atomic mass is 35.5. The van der Waals surface area contributed by atoms with Gasteiger partial charge in [0.05, 0.1) is 7.11 Å². The van der Waals surface area contributed by atoms with Gasteiger partial charge in [0.2, 0.25) is 0 Å². The second-order valence-electron chi connectivity index (χ2n) is 3.33. The second kappa shape index (κ2) is 5.23. The summed E-state index contributed by atoms with van der Waals surface area (Å²) in [6.07, 6.45) is 0.917. The monoisotopic (exact) mass is 213 g/mol. The Kier molecular flexibility index (Phi) is 4.23. The Labute approximate surface area is 90.0 Å². The topological polar surface area (TPSA) is 35.2 Å². The molecule has 0 aliphatic carbocycles. The molecule has 0 saturated heterocycles. The summed E-state index contributed by atoms with van der Waals surface area (Å²) in [5.41, 5.74) is 6.58. The van der Waals surface area contributed by atoms with Crippen molar-refractivity contribution >= 4 is 11.6 Å². The molecule has 1 atom stereocenters. The van der Waals surface area contributed by atoms with Crippen molar-refractivity contribution in [3.8, 4) is 5.75 Å². The zero-order valence-corrected chi connectivity index (χ0v) is 9.34. The predicted molar refractivity (Wildman–Crippen MR) is 60.1 cm³/mol. The van der Waals surface area contributed by atoms with E-state index in [1.54, 1.807) is 7.11 Å². The van der Waals surface area contributed by atoms with Crippen LogP contribution >= 0.6 is 11.6 Å². The fourth-order valence-electron chi connectivity index (χ4n) is 1.57. The maximum absolute atomic E-state index is 6.12. The van der Waals surface area contributed by atoms with Crippen LogP contribution in [0.2, 0.25) is 5.02 Å². The maximum Gasteiger partial charge on any atom is 0.123 e. The first-order valence-electron chi connectivity index (χ1n) is 4.73. The van der Waals surface area contributed by atoms with Crippen LogP contribution in [0.4, 0.5) is 0 Å². The van der Waals surface area contributed by atoms with E-state index in [0.29, 0.717) is 12.5 Å². The first-order chi connectivity index (χ1) is 6.70. The van der Waals surface area contributed by atoms with Crippen LogP contribution in [0.25, 0.3) is 0 Å². The number of halogens is 1. The van der Waals surface area contributed by atoms with Crippen LogP contribution in [0.15, 0.2) is 18.2 Å². The molecule has 1 unspecified atom stereocenters. The van der Waals surface area contributed by atoms with Crippen molar-refractivity contribution < 1.29 is 4.74 Å². The molecule has 0 saturated carbocycles. The van der Waals surface area contributed by atoms with E-state index in [4.69, 9.17) is 22.1 Å². The number of ether oxygens (including phenoxy) is 1. The van der Waals surface area contributed by atoms with Gasteiger partial charge in [-0.3, -0.25) is 0 Å². The number of methoxy groups -OCH3 is 1. The summed E-state index contributed by atoms with van der Waals surface area (Å²) in [5.74, 6) is 1.18. The highest BCUT2D eigenvalue weighted by Gasteiger charge is 2.13. The summed E-state index contributed by atoms with van der Waals surface area (Å²) in [7, 11) is 1.66. The Hall–Kier alpha value is -0.730. The Morgan fingerprint density at radius 1 is 1.50 bits per heavy atom. The fourth-order valence-corrected chi connectivity index (χ4v) is 1.92. The van der Waals surface area contributed by atoms with E-state index in [1.807, 2.05) is 18.2 Å². The van der Waals surface area contributed by atoms with Gasteiger partial charge in [-0.2, -0.15) is 0 Å². The van der Waals surface area contributed by atoms with Crippen molar-refractivity contribution in [3.63, 3.8) is 0 Å². The normalized spacial score (nSPS) is 12.6. The zero-order valence-electron chi connectivity index (χ0n) is 8.59. The number of hydrogen-bond donors (Lipinski definition) is 1. The summed E-state index contributed by atoms with van der Waals surface area (Å²) < 4.78 is 5.27. The van der Waals surface area contributed by atoms with Crippen molar-refractivity contribution in [2.24, 2.45) is 5.73 Å². The van der Waals surface area contributed by atoms with Gasteiger partial charge in [0.1, 0.15) is 5.75 Å². The number of hydrogen-bond acceptors (Lipinski definition) is 2. The largest absolute Gasteiger partial charge is 0.496 e. The fraction of sp³-hybridized carbons (Fsp3) is 0.455. The molecule has 1 aromatic rings. The lowest BCUT2D eigenvalue weighted by atomic mass is 9.97. The minimum Gasteiger partial charge on any atom is -0.496 e. The SMILES string of the molecule is COc1cccc(Cl)c1C(C)CCN. The average molecular weight is 214 g/mol. The van der Waals surface area contributed by atoms with Gasteiger partial charge in [-0.25, -0.2) is 0 Å². The summed E-state index contributed by atoms with van der Waals surface area (Å²) in [5, 5.41) is 0.755. The molecule has 78 valence electrons. The summed E-state index contributed by atoms with van der Waals surface area (Å²) >= 11 is 6.12. The molecule has 0 amide bonds. The smallest absolute Gasteiger partial charge is 0.123 e. The summed E-state index contributed by atoms with van der Waals surface area (Å²) in [6, 6.07) is 5.69. The molecular formula is C11H16ClNO. The second-order valence-corrected chi connectivity index (χ2v) is 3.74. The van der Waals surface area contributed by atoms with E-state index >= 15 is 0 Å². The molecule has 2 N–H and O–H groups in total. The van der Waals surface area contributed by atoms with E-state index in [0.717, 1.165) is 22.8 Å². The average Bonchev–Trinajstić information content (AvgIpc) is 2.17. The molecule has 0 aliphatic heterocycles. The predicted octanol–water partition coefficient (Wildman–Crippen LogP) is 2.80. The van der Waals surface area contributed by atoms with Gasteiger partial charge >= 0.3 is 0 Å². The Morgan fingerprint density at radius 3 is 2.79 bits per heavy atom. The molecular weight excluding hydrogens is 198 g/mol. The van der Waals surface area contributed by atoms with Crippen LogP contribution in [-0.4, -0.2) is 13.7 Å². The van der Waals surface area contributed by atoms with Crippen LogP contribution in [0.1, 0.15) is 24.8 Å². The molecule has 3 heteroatoms. The molecule has 2 nitrogen and oxygen atoms in total. The zero-order chi connectivity index (χ0) is 10.6.